The fourth-order valence-electron chi connectivity index (χ4n) is 2.05. The van der Waals surface area contributed by atoms with E-state index in [-0.39, 0.29) is 22.8 Å². The maximum Gasteiger partial charge on any atom is 0.271 e. The van der Waals surface area contributed by atoms with Gasteiger partial charge in [0, 0.05) is 5.38 Å². The summed E-state index contributed by atoms with van der Waals surface area (Å²) in [5, 5.41) is 4.19. The van der Waals surface area contributed by atoms with Crippen LogP contribution in [-0.4, -0.2) is 15.9 Å². The first-order chi connectivity index (χ1) is 11.5. The molecular formula is C16H12F2N4OS. The number of hydrogen-bond acceptors (Lipinski definition) is 5. The molecule has 3 N–H and O–H groups in total. The van der Waals surface area contributed by atoms with E-state index >= 15 is 0 Å². The van der Waals surface area contributed by atoms with Gasteiger partial charge >= 0.3 is 0 Å². The number of benzene rings is 1. The highest BCUT2D eigenvalue weighted by atomic mass is 32.1. The number of nitrogens with zero attached hydrogens (tertiary/aromatic N) is 2. The number of nitrogens with two attached hydrogens (primary N) is 1. The van der Waals surface area contributed by atoms with Gasteiger partial charge in [0.15, 0.2) is 0 Å². The summed E-state index contributed by atoms with van der Waals surface area (Å²) in [6.45, 7) is 0.171. The number of pyridine rings is 1. The number of amides is 1. The van der Waals surface area contributed by atoms with Gasteiger partial charge in [0.1, 0.15) is 28.2 Å². The van der Waals surface area contributed by atoms with Crippen LogP contribution in [0.15, 0.2) is 41.8 Å². The SMILES string of the molecule is Nc1cccc(CNC(=O)c2csc(-c3c(F)cccc3F)n2)n1. The van der Waals surface area contributed by atoms with Crippen molar-refractivity contribution in [3.63, 3.8) is 0 Å². The number of aromatic nitrogens is 2. The molecule has 0 unspecified atom stereocenters. The molecule has 0 spiro atoms. The molecule has 2 aromatic heterocycles. The molecule has 3 rings (SSSR count). The molecule has 0 aliphatic heterocycles. The number of carbonyl (C=O) groups is 1. The Bertz CT molecular complexity index is 877. The third kappa shape index (κ3) is 3.38. The van der Waals surface area contributed by atoms with Crippen LogP contribution in [0.5, 0.6) is 0 Å². The van der Waals surface area contributed by atoms with Crippen molar-refractivity contribution in [2.24, 2.45) is 0 Å². The highest BCUT2D eigenvalue weighted by Crippen LogP contribution is 2.28. The Labute approximate surface area is 140 Å². The summed E-state index contributed by atoms with van der Waals surface area (Å²) in [4.78, 5) is 20.2. The van der Waals surface area contributed by atoms with Gasteiger partial charge in [-0.05, 0) is 24.3 Å². The predicted octanol–water partition coefficient (Wildman–Crippen LogP) is 3.00. The molecule has 0 aliphatic rings. The summed E-state index contributed by atoms with van der Waals surface area (Å²) in [6, 6.07) is 8.65. The van der Waals surface area contributed by atoms with Crippen molar-refractivity contribution in [2.45, 2.75) is 6.54 Å². The number of nitrogen functional groups attached to an aromatic ring is 1. The first-order valence-corrected chi connectivity index (χ1v) is 7.82. The Balaban J connectivity index is 1.74. The van der Waals surface area contributed by atoms with Crippen LogP contribution in [0.25, 0.3) is 10.6 Å². The standard InChI is InChI=1S/C16H12F2N4OS/c17-10-4-2-5-11(18)14(10)16-22-12(8-24-16)15(23)20-7-9-3-1-6-13(19)21-9/h1-6,8H,7H2,(H2,19,21)(H,20,23). The summed E-state index contributed by atoms with van der Waals surface area (Å²) in [5.74, 6) is -1.55. The highest BCUT2D eigenvalue weighted by molar-refractivity contribution is 7.13. The van der Waals surface area contributed by atoms with Crippen LogP contribution in [-0.2, 0) is 6.54 Å². The van der Waals surface area contributed by atoms with E-state index in [0.717, 1.165) is 23.5 Å². The average Bonchev–Trinajstić information content (AvgIpc) is 3.02. The van der Waals surface area contributed by atoms with Gasteiger partial charge in [0.05, 0.1) is 17.8 Å². The molecule has 3 aromatic rings. The molecule has 0 bridgehead atoms. The van der Waals surface area contributed by atoms with Crippen LogP contribution in [0.2, 0.25) is 0 Å². The lowest BCUT2D eigenvalue weighted by Crippen LogP contribution is -2.23. The molecule has 0 saturated heterocycles. The summed E-state index contributed by atoms with van der Waals surface area (Å²) in [6.07, 6.45) is 0. The summed E-state index contributed by atoms with van der Waals surface area (Å²) in [7, 11) is 0. The highest BCUT2D eigenvalue weighted by Gasteiger charge is 2.17. The monoisotopic (exact) mass is 346 g/mol. The molecule has 2 heterocycles. The normalized spacial score (nSPS) is 10.6. The Morgan fingerprint density at radius 2 is 1.83 bits per heavy atom. The maximum atomic E-state index is 13.8. The van der Waals surface area contributed by atoms with E-state index in [4.69, 9.17) is 5.73 Å². The van der Waals surface area contributed by atoms with Crippen molar-refractivity contribution < 1.29 is 13.6 Å². The smallest absolute Gasteiger partial charge is 0.271 e. The van der Waals surface area contributed by atoms with E-state index in [1.165, 1.54) is 11.4 Å². The molecule has 122 valence electrons. The number of anilines is 1. The van der Waals surface area contributed by atoms with Crippen molar-refractivity contribution in [3.05, 3.63) is 64.8 Å². The molecule has 8 heteroatoms. The van der Waals surface area contributed by atoms with Crippen LogP contribution in [0.3, 0.4) is 0 Å². The Morgan fingerprint density at radius 3 is 2.54 bits per heavy atom. The van der Waals surface area contributed by atoms with Crippen LogP contribution < -0.4 is 11.1 Å². The topological polar surface area (TPSA) is 80.9 Å². The second kappa shape index (κ2) is 6.71. The van der Waals surface area contributed by atoms with Crippen molar-refractivity contribution in [1.82, 2.24) is 15.3 Å². The molecule has 1 amide bonds. The van der Waals surface area contributed by atoms with E-state index < -0.39 is 17.5 Å². The van der Waals surface area contributed by atoms with Gasteiger partial charge in [0.25, 0.3) is 5.91 Å². The molecule has 0 saturated carbocycles. The third-order valence-electron chi connectivity index (χ3n) is 3.17. The van der Waals surface area contributed by atoms with Crippen molar-refractivity contribution >= 4 is 23.1 Å². The van der Waals surface area contributed by atoms with Gasteiger partial charge in [0.2, 0.25) is 0 Å². The lowest BCUT2D eigenvalue weighted by molar-refractivity contribution is 0.0946. The molecular weight excluding hydrogens is 334 g/mol. The zero-order chi connectivity index (χ0) is 17.1. The van der Waals surface area contributed by atoms with Gasteiger partial charge in [-0.15, -0.1) is 11.3 Å². The van der Waals surface area contributed by atoms with Crippen molar-refractivity contribution in [2.75, 3.05) is 5.73 Å². The molecule has 5 nitrogen and oxygen atoms in total. The minimum atomic E-state index is -0.722. The van der Waals surface area contributed by atoms with Gasteiger partial charge in [-0.1, -0.05) is 12.1 Å². The minimum absolute atomic E-state index is 0.0848. The molecule has 1 aromatic carbocycles. The Kier molecular flexibility index (Phi) is 4.48. The van der Waals surface area contributed by atoms with Crippen LogP contribution >= 0.6 is 11.3 Å². The quantitative estimate of drug-likeness (QED) is 0.761. The van der Waals surface area contributed by atoms with Crippen molar-refractivity contribution in [3.8, 4) is 10.6 Å². The Hall–Kier alpha value is -2.87. The van der Waals surface area contributed by atoms with E-state index in [0.29, 0.717) is 11.5 Å². The number of nitrogens with one attached hydrogen (secondary N) is 1. The van der Waals surface area contributed by atoms with Crippen LogP contribution in [0.4, 0.5) is 14.6 Å². The molecule has 0 aliphatic carbocycles. The van der Waals surface area contributed by atoms with Gasteiger partial charge < -0.3 is 11.1 Å². The lowest BCUT2D eigenvalue weighted by Gasteiger charge is -2.03. The van der Waals surface area contributed by atoms with Crippen LogP contribution in [0.1, 0.15) is 16.2 Å². The maximum absolute atomic E-state index is 13.8. The average molecular weight is 346 g/mol. The number of rotatable bonds is 4. The van der Waals surface area contributed by atoms with Crippen molar-refractivity contribution in [1.29, 1.82) is 0 Å². The second-order valence-corrected chi connectivity index (χ2v) is 5.73. The molecule has 0 radical (unpaired) electrons. The van der Waals surface area contributed by atoms with Gasteiger partial charge in [-0.25, -0.2) is 18.7 Å². The molecule has 24 heavy (non-hydrogen) atoms. The number of thiazole rings is 1. The zero-order valence-corrected chi connectivity index (χ0v) is 13.1. The number of hydrogen-bond donors (Lipinski definition) is 2. The van der Waals surface area contributed by atoms with E-state index in [2.05, 4.69) is 15.3 Å². The van der Waals surface area contributed by atoms with Crippen LogP contribution in [0, 0.1) is 11.6 Å². The fourth-order valence-corrected chi connectivity index (χ4v) is 2.90. The first kappa shape index (κ1) is 16.0. The largest absolute Gasteiger partial charge is 0.384 e. The minimum Gasteiger partial charge on any atom is -0.384 e. The summed E-state index contributed by atoms with van der Waals surface area (Å²) < 4.78 is 27.5. The zero-order valence-electron chi connectivity index (χ0n) is 12.3. The molecule has 0 atom stereocenters. The van der Waals surface area contributed by atoms with E-state index in [1.54, 1.807) is 18.2 Å². The van der Waals surface area contributed by atoms with E-state index in [9.17, 15) is 13.6 Å². The fraction of sp³-hybridized carbons (Fsp3) is 0.0625. The van der Waals surface area contributed by atoms with Gasteiger partial charge in [-0.2, -0.15) is 0 Å². The van der Waals surface area contributed by atoms with Gasteiger partial charge in [-0.3, -0.25) is 4.79 Å². The predicted molar refractivity (Wildman–Crippen MR) is 87.3 cm³/mol. The Morgan fingerprint density at radius 1 is 1.12 bits per heavy atom. The first-order valence-electron chi connectivity index (χ1n) is 6.94. The lowest BCUT2D eigenvalue weighted by atomic mass is 10.2. The molecule has 0 fully saturated rings. The second-order valence-electron chi connectivity index (χ2n) is 4.87. The number of carbonyl (C=O) groups excluding carboxylic acids is 1. The summed E-state index contributed by atoms with van der Waals surface area (Å²) in [5.41, 5.74) is 6.01. The summed E-state index contributed by atoms with van der Waals surface area (Å²) >= 11 is 0.996. The third-order valence-corrected chi connectivity index (χ3v) is 4.03. The van der Waals surface area contributed by atoms with E-state index in [1.807, 2.05) is 0 Å². The number of halogens is 2.